The summed E-state index contributed by atoms with van der Waals surface area (Å²) in [6.45, 7) is 1.84. The Hall–Kier alpha value is -2.17. The Labute approximate surface area is 116 Å². The van der Waals surface area contributed by atoms with Crippen LogP contribution in [0.3, 0.4) is 0 Å². The topological polar surface area (TPSA) is 79.3 Å². The monoisotopic (exact) mass is 272 g/mol. The van der Waals surface area contributed by atoms with Crippen molar-refractivity contribution >= 4 is 17.7 Å². The lowest BCUT2D eigenvalue weighted by atomic mass is 9.82. The summed E-state index contributed by atoms with van der Waals surface area (Å²) in [6.07, 6.45) is 4.66. The van der Waals surface area contributed by atoms with E-state index in [-0.39, 0.29) is 17.7 Å². The van der Waals surface area contributed by atoms with Crippen molar-refractivity contribution in [1.82, 2.24) is 4.98 Å². The van der Waals surface area contributed by atoms with Crippen molar-refractivity contribution in [1.29, 1.82) is 0 Å². The Kier molecular flexibility index (Phi) is 3.04. The fourth-order valence-electron chi connectivity index (χ4n) is 3.34. The van der Waals surface area contributed by atoms with Crippen LogP contribution in [0, 0.1) is 30.6 Å². The van der Waals surface area contributed by atoms with Crippen LogP contribution in [0.25, 0.3) is 0 Å². The number of anilines is 1. The third-order valence-electron chi connectivity index (χ3n) is 4.19. The van der Waals surface area contributed by atoms with Crippen LogP contribution in [0.2, 0.25) is 0 Å². The molecule has 1 fully saturated rings. The molecule has 1 aromatic heterocycles. The standard InChI is InChI=1S/C15H16N2O3/c1-8-3-2-4-11(16-8)17-14(18)12-9-5-6-10(7-9)13(12)15(19)20/h2-6,9-10,12-13H,7H2,1H3,(H,19,20)(H,16,17,18)/t9-,10+,12+,13+/m1/s1. The molecular weight excluding hydrogens is 256 g/mol. The smallest absolute Gasteiger partial charge is 0.307 e. The van der Waals surface area contributed by atoms with Crippen LogP contribution in [0.1, 0.15) is 12.1 Å². The van der Waals surface area contributed by atoms with Gasteiger partial charge in [-0.25, -0.2) is 4.98 Å². The molecule has 1 heterocycles. The fraction of sp³-hybridized carbons (Fsp3) is 0.400. The number of aromatic nitrogens is 1. The molecule has 1 amide bonds. The van der Waals surface area contributed by atoms with Crippen LogP contribution in [-0.2, 0) is 9.59 Å². The average molecular weight is 272 g/mol. The molecule has 0 aliphatic heterocycles. The number of allylic oxidation sites excluding steroid dienone is 2. The van der Waals surface area contributed by atoms with E-state index in [1.165, 1.54) is 0 Å². The summed E-state index contributed by atoms with van der Waals surface area (Å²) in [5.41, 5.74) is 0.811. The molecule has 5 nitrogen and oxygen atoms in total. The Morgan fingerprint density at radius 1 is 1.25 bits per heavy atom. The maximum absolute atomic E-state index is 12.4. The molecule has 20 heavy (non-hydrogen) atoms. The number of carboxylic acid groups (broad SMARTS) is 1. The van der Waals surface area contributed by atoms with Gasteiger partial charge in [-0.2, -0.15) is 0 Å². The number of amides is 1. The minimum absolute atomic E-state index is 0.0151. The molecule has 5 heteroatoms. The summed E-state index contributed by atoms with van der Waals surface area (Å²) < 4.78 is 0. The largest absolute Gasteiger partial charge is 0.481 e. The van der Waals surface area contributed by atoms with Gasteiger partial charge in [0, 0.05) is 5.69 Å². The molecule has 0 unspecified atom stereocenters. The number of aryl methyl sites for hydroxylation is 1. The Morgan fingerprint density at radius 3 is 2.60 bits per heavy atom. The van der Waals surface area contributed by atoms with E-state index in [1.807, 2.05) is 31.2 Å². The van der Waals surface area contributed by atoms with E-state index in [1.54, 1.807) is 6.07 Å². The molecule has 2 aliphatic rings. The zero-order valence-corrected chi connectivity index (χ0v) is 11.1. The SMILES string of the molecule is Cc1cccc(NC(=O)[C@@H]2[C@@H](C(=O)O)[C@H]3C=C[C@@H]2C3)n1. The van der Waals surface area contributed by atoms with Gasteiger partial charge in [0.1, 0.15) is 5.82 Å². The fourth-order valence-corrected chi connectivity index (χ4v) is 3.34. The van der Waals surface area contributed by atoms with Crippen molar-refractivity contribution in [2.75, 3.05) is 5.32 Å². The van der Waals surface area contributed by atoms with E-state index < -0.39 is 17.8 Å². The third-order valence-corrected chi connectivity index (χ3v) is 4.19. The molecule has 0 saturated heterocycles. The maximum atomic E-state index is 12.4. The number of pyridine rings is 1. The number of hydrogen-bond donors (Lipinski definition) is 2. The normalized spacial score (nSPS) is 30.4. The second-order valence-corrected chi connectivity index (χ2v) is 5.49. The van der Waals surface area contributed by atoms with Gasteiger partial charge in [-0.15, -0.1) is 0 Å². The zero-order chi connectivity index (χ0) is 14.3. The summed E-state index contributed by atoms with van der Waals surface area (Å²) in [6, 6.07) is 5.37. The number of carbonyl (C=O) groups is 2. The summed E-state index contributed by atoms with van der Waals surface area (Å²) in [4.78, 5) is 28.0. The molecule has 2 N–H and O–H groups in total. The number of nitrogens with one attached hydrogen (secondary N) is 1. The molecule has 1 saturated carbocycles. The molecule has 0 radical (unpaired) electrons. The molecular formula is C15H16N2O3. The molecule has 1 aromatic rings. The van der Waals surface area contributed by atoms with E-state index in [9.17, 15) is 14.7 Å². The van der Waals surface area contributed by atoms with Crippen LogP contribution in [0.4, 0.5) is 5.82 Å². The number of carboxylic acids is 1. The van der Waals surface area contributed by atoms with Gasteiger partial charge in [-0.1, -0.05) is 18.2 Å². The average Bonchev–Trinajstić information content (AvgIpc) is 2.98. The van der Waals surface area contributed by atoms with Crippen LogP contribution >= 0.6 is 0 Å². The molecule has 0 spiro atoms. The van der Waals surface area contributed by atoms with Crippen LogP contribution in [0.15, 0.2) is 30.4 Å². The van der Waals surface area contributed by atoms with E-state index >= 15 is 0 Å². The first-order valence-corrected chi connectivity index (χ1v) is 6.72. The molecule has 104 valence electrons. The van der Waals surface area contributed by atoms with Gasteiger partial charge < -0.3 is 10.4 Å². The predicted molar refractivity (Wildman–Crippen MR) is 73.0 cm³/mol. The summed E-state index contributed by atoms with van der Waals surface area (Å²) in [5.74, 6) is -1.75. The van der Waals surface area contributed by atoms with Gasteiger partial charge in [-0.05, 0) is 37.3 Å². The lowest BCUT2D eigenvalue weighted by molar-refractivity contribution is -0.146. The van der Waals surface area contributed by atoms with Gasteiger partial charge in [0.2, 0.25) is 5.91 Å². The van der Waals surface area contributed by atoms with Gasteiger partial charge >= 0.3 is 5.97 Å². The lowest BCUT2D eigenvalue weighted by Crippen LogP contribution is -2.36. The number of hydrogen-bond acceptors (Lipinski definition) is 3. The molecule has 2 aliphatic carbocycles. The highest BCUT2D eigenvalue weighted by Gasteiger charge is 2.51. The van der Waals surface area contributed by atoms with Gasteiger partial charge in [0.15, 0.2) is 0 Å². The second kappa shape index (κ2) is 4.74. The van der Waals surface area contributed by atoms with Gasteiger partial charge in [0.25, 0.3) is 0 Å². The molecule has 0 aromatic carbocycles. The highest BCUT2D eigenvalue weighted by atomic mass is 16.4. The highest BCUT2D eigenvalue weighted by Crippen LogP contribution is 2.48. The Bertz CT molecular complexity index is 597. The molecule has 2 bridgehead atoms. The number of nitrogens with zero attached hydrogens (tertiary/aromatic N) is 1. The van der Waals surface area contributed by atoms with Gasteiger partial charge in [0.05, 0.1) is 11.8 Å². The third kappa shape index (κ3) is 2.09. The van der Waals surface area contributed by atoms with E-state index in [2.05, 4.69) is 10.3 Å². The van der Waals surface area contributed by atoms with Crippen LogP contribution in [-0.4, -0.2) is 22.0 Å². The minimum atomic E-state index is -0.890. The van der Waals surface area contributed by atoms with E-state index in [4.69, 9.17) is 0 Å². The lowest BCUT2D eigenvalue weighted by Gasteiger charge is -2.23. The van der Waals surface area contributed by atoms with Crippen LogP contribution in [0.5, 0.6) is 0 Å². The zero-order valence-electron chi connectivity index (χ0n) is 11.1. The Morgan fingerprint density at radius 2 is 1.95 bits per heavy atom. The van der Waals surface area contributed by atoms with Crippen molar-refractivity contribution < 1.29 is 14.7 Å². The first-order valence-electron chi connectivity index (χ1n) is 6.72. The van der Waals surface area contributed by atoms with Crippen molar-refractivity contribution in [3.05, 3.63) is 36.0 Å². The number of carbonyl (C=O) groups excluding carboxylic acids is 1. The van der Waals surface area contributed by atoms with E-state index in [0.29, 0.717) is 5.82 Å². The number of fused-ring (bicyclic) bond motifs is 2. The summed E-state index contributed by atoms with van der Waals surface area (Å²) in [5, 5.41) is 12.1. The maximum Gasteiger partial charge on any atom is 0.307 e. The first-order chi connectivity index (χ1) is 9.56. The second-order valence-electron chi connectivity index (χ2n) is 5.49. The van der Waals surface area contributed by atoms with Gasteiger partial charge in [-0.3, -0.25) is 9.59 Å². The summed E-state index contributed by atoms with van der Waals surface area (Å²) >= 11 is 0. The molecule has 3 rings (SSSR count). The minimum Gasteiger partial charge on any atom is -0.481 e. The van der Waals surface area contributed by atoms with Crippen LogP contribution < -0.4 is 5.32 Å². The highest BCUT2D eigenvalue weighted by molar-refractivity contribution is 5.95. The number of rotatable bonds is 3. The summed E-state index contributed by atoms with van der Waals surface area (Å²) in [7, 11) is 0. The van der Waals surface area contributed by atoms with Crippen molar-refractivity contribution in [2.45, 2.75) is 13.3 Å². The van der Waals surface area contributed by atoms with Crippen molar-refractivity contribution in [3.8, 4) is 0 Å². The van der Waals surface area contributed by atoms with E-state index in [0.717, 1.165) is 12.1 Å². The quantitative estimate of drug-likeness (QED) is 0.823. The first kappa shape index (κ1) is 12.8. The van der Waals surface area contributed by atoms with Crippen molar-refractivity contribution in [3.63, 3.8) is 0 Å². The Balaban J connectivity index is 1.80. The number of aliphatic carboxylic acids is 1. The predicted octanol–water partition coefficient (Wildman–Crippen LogP) is 1.85. The molecule has 4 atom stereocenters. The van der Waals surface area contributed by atoms with Crippen molar-refractivity contribution in [2.24, 2.45) is 23.7 Å².